The maximum atomic E-state index is 13.2. The predicted molar refractivity (Wildman–Crippen MR) is 109 cm³/mol. The number of rotatable bonds is 5. The van der Waals surface area contributed by atoms with Gasteiger partial charge in [0.25, 0.3) is 5.56 Å². The van der Waals surface area contributed by atoms with E-state index in [0.29, 0.717) is 26.1 Å². The van der Waals surface area contributed by atoms with Gasteiger partial charge in [-0.3, -0.25) is 9.36 Å². The van der Waals surface area contributed by atoms with Gasteiger partial charge in [0, 0.05) is 21.3 Å². The molecule has 8 heteroatoms. The van der Waals surface area contributed by atoms with Gasteiger partial charge in [-0.1, -0.05) is 36.2 Å². The van der Waals surface area contributed by atoms with E-state index in [4.69, 9.17) is 23.2 Å². The molecule has 1 aromatic carbocycles. The predicted octanol–water partition coefficient (Wildman–Crippen LogP) is 4.74. The van der Waals surface area contributed by atoms with E-state index in [9.17, 15) is 14.7 Å². The van der Waals surface area contributed by atoms with Crippen molar-refractivity contribution < 1.29 is 9.90 Å². The molecule has 142 valence electrons. The van der Waals surface area contributed by atoms with E-state index in [1.807, 2.05) is 6.92 Å². The monoisotopic (exact) mass is 424 g/mol. The van der Waals surface area contributed by atoms with Crippen LogP contribution in [0.25, 0.3) is 10.2 Å². The van der Waals surface area contributed by atoms with Crippen LogP contribution in [0, 0.1) is 0 Å². The van der Waals surface area contributed by atoms with Crippen molar-refractivity contribution in [3.8, 4) is 0 Å². The van der Waals surface area contributed by atoms with Gasteiger partial charge >= 0.3 is 5.97 Å². The van der Waals surface area contributed by atoms with Crippen molar-refractivity contribution in [2.24, 2.45) is 0 Å². The van der Waals surface area contributed by atoms with E-state index in [1.165, 1.54) is 29.8 Å². The van der Waals surface area contributed by atoms with Gasteiger partial charge in [-0.15, -0.1) is 11.3 Å². The number of halogens is 2. The highest BCUT2D eigenvalue weighted by molar-refractivity contribution is 7.18. The Balaban J connectivity index is 2.28. The van der Waals surface area contributed by atoms with Crippen LogP contribution in [0.1, 0.15) is 37.0 Å². The molecule has 0 aliphatic carbocycles. The largest absolute Gasteiger partial charge is 0.480 e. The minimum atomic E-state index is -1.46. The minimum absolute atomic E-state index is 0.219. The summed E-state index contributed by atoms with van der Waals surface area (Å²) in [6.45, 7) is 4.98. The van der Waals surface area contributed by atoms with Crippen LogP contribution < -0.4 is 5.56 Å². The molecule has 0 aliphatic heterocycles. The zero-order valence-electron chi connectivity index (χ0n) is 15.0. The van der Waals surface area contributed by atoms with Crippen LogP contribution in [-0.4, -0.2) is 20.6 Å². The molecule has 1 N–H and O–H groups in total. The quantitative estimate of drug-likeness (QED) is 0.641. The Morgan fingerprint density at radius 2 is 2.00 bits per heavy atom. The lowest BCUT2D eigenvalue weighted by Crippen LogP contribution is -2.44. The Hall–Kier alpha value is -1.89. The molecule has 3 rings (SSSR count). The summed E-state index contributed by atoms with van der Waals surface area (Å²) in [5.41, 5.74) is -1.10. The van der Waals surface area contributed by atoms with E-state index in [-0.39, 0.29) is 12.0 Å². The van der Waals surface area contributed by atoms with Crippen LogP contribution in [0.4, 0.5) is 0 Å². The van der Waals surface area contributed by atoms with Crippen molar-refractivity contribution in [3.05, 3.63) is 60.9 Å². The fraction of sp³-hybridized carbons (Fsp3) is 0.316. The first kappa shape index (κ1) is 19.9. The number of aromatic nitrogens is 2. The van der Waals surface area contributed by atoms with Crippen LogP contribution in [0.3, 0.4) is 0 Å². The lowest BCUT2D eigenvalue weighted by molar-refractivity contribution is -0.146. The highest BCUT2D eigenvalue weighted by atomic mass is 35.5. The minimum Gasteiger partial charge on any atom is -0.480 e. The Morgan fingerprint density at radius 1 is 1.30 bits per heavy atom. The molecule has 0 amide bonds. The molecule has 27 heavy (non-hydrogen) atoms. The molecular formula is C19H18Cl2N2O3S. The molecule has 3 aromatic rings. The molecule has 0 fully saturated rings. The van der Waals surface area contributed by atoms with Crippen molar-refractivity contribution in [1.82, 2.24) is 9.55 Å². The number of hydrogen-bond donors (Lipinski definition) is 1. The maximum Gasteiger partial charge on any atom is 0.329 e. The lowest BCUT2D eigenvalue weighted by atomic mass is 10.0. The number of carboxylic acids is 1. The normalized spacial score (nSPS) is 11.9. The summed E-state index contributed by atoms with van der Waals surface area (Å²) in [7, 11) is 0. The summed E-state index contributed by atoms with van der Waals surface area (Å²) >= 11 is 13.7. The highest BCUT2D eigenvalue weighted by Gasteiger charge is 2.34. The average Bonchev–Trinajstić information content (AvgIpc) is 3.00. The molecule has 0 radical (unpaired) electrons. The van der Waals surface area contributed by atoms with Gasteiger partial charge in [0.15, 0.2) is 0 Å². The second-order valence-electron chi connectivity index (χ2n) is 6.73. The number of fused-ring (bicyclic) bond motifs is 1. The average molecular weight is 425 g/mol. The SMILES string of the molecule is CCc1cc2c(=O)n(C(C)(C)C(=O)O)c(Cc3ccc(Cl)cc3Cl)nc2s1. The third-order valence-electron chi connectivity index (χ3n) is 4.48. The first-order chi connectivity index (χ1) is 12.6. The number of carboxylic acid groups (broad SMARTS) is 1. The molecule has 0 saturated carbocycles. The molecule has 0 spiro atoms. The Bertz CT molecular complexity index is 1100. The molecule has 0 bridgehead atoms. The van der Waals surface area contributed by atoms with Gasteiger partial charge in [-0.2, -0.15) is 0 Å². The summed E-state index contributed by atoms with van der Waals surface area (Å²) in [4.78, 5) is 31.3. The molecule has 2 heterocycles. The third-order valence-corrected chi connectivity index (χ3v) is 6.24. The van der Waals surface area contributed by atoms with Gasteiger partial charge < -0.3 is 5.11 Å². The second-order valence-corrected chi connectivity index (χ2v) is 8.69. The van der Waals surface area contributed by atoms with Crippen LogP contribution in [0.2, 0.25) is 10.0 Å². The first-order valence-corrected chi connectivity index (χ1v) is 9.94. The molecule has 2 aromatic heterocycles. The number of thiophene rings is 1. The third kappa shape index (κ3) is 3.61. The van der Waals surface area contributed by atoms with Crippen LogP contribution in [0.15, 0.2) is 29.1 Å². The zero-order chi connectivity index (χ0) is 19.9. The maximum absolute atomic E-state index is 13.2. The standard InChI is InChI=1S/C19H18Cl2N2O3S/c1-4-12-9-13-16(27-12)22-15(7-10-5-6-11(20)8-14(10)21)23(17(13)24)19(2,3)18(25)26/h5-6,8-9H,4,7H2,1-3H3,(H,25,26). The molecule has 5 nitrogen and oxygen atoms in total. The summed E-state index contributed by atoms with van der Waals surface area (Å²) in [6, 6.07) is 6.86. The van der Waals surface area contributed by atoms with Gasteiger partial charge in [-0.05, 0) is 44.0 Å². The topological polar surface area (TPSA) is 72.2 Å². The van der Waals surface area contributed by atoms with E-state index in [1.54, 1.807) is 24.3 Å². The highest BCUT2D eigenvalue weighted by Crippen LogP contribution is 2.28. The number of carbonyl (C=O) groups is 1. The van der Waals surface area contributed by atoms with Crippen molar-refractivity contribution in [2.45, 2.75) is 39.2 Å². The summed E-state index contributed by atoms with van der Waals surface area (Å²) in [5, 5.41) is 11.1. The smallest absolute Gasteiger partial charge is 0.329 e. The first-order valence-electron chi connectivity index (χ1n) is 8.37. The molecule has 0 unspecified atom stereocenters. The van der Waals surface area contributed by atoms with Crippen molar-refractivity contribution >= 4 is 50.7 Å². The summed E-state index contributed by atoms with van der Waals surface area (Å²) < 4.78 is 1.26. The zero-order valence-corrected chi connectivity index (χ0v) is 17.4. The number of aliphatic carboxylic acids is 1. The molecule has 0 atom stereocenters. The van der Waals surface area contributed by atoms with Crippen molar-refractivity contribution in [3.63, 3.8) is 0 Å². The molecule has 0 saturated heterocycles. The molecular weight excluding hydrogens is 407 g/mol. The fourth-order valence-corrected chi connectivity index (χ4v) is 4.32. The number of hydrogen-bond acceptors (Lipinski definition) is 4. The van der Waals surface area contributed by atoms with Crippen LogP contribution in [0.5, 0.6) is 0 Å². The van der Waals surface area contributed by atoms with E-state index >= 15 is 0 Å². The van der Waals surface area contributed by atoms with E-state index in [2.05, 4.69) is 4.98 Å². The van der Waals surface area contributed by atoms with E-state index in [0.717, 1.165) is 16.9 Å². The Labute approximate surface area is 170 Å². The number of aryl methyl sites for hydroxylation is 1. The van der Waals surface area contributed by atoms with Crippen LogP contribution >= 0.6 is 34.5 Å². The van der Waals surface area contributed by atoms with Crippen molar-refractivity contribution in [2.75, 3.05) is 0 Å². The van der Waals surface area contributed by atoms with Gasteiger partial charge in [0.05, 0.1) is 5.39 Å². The second kappa shape index (κ2) is 7.26. The Morgan fingerprint density at radius 3 is 2.59 bits per heavy atom. The fourth-order valence-electron chi connectivity index (χ4n) is 2.87. The van der Waals surface area contributed by atoms with E-state index < -0.39 is 11.5 Å². The van der Waals surface area contributed by atoms with Crippen LogP contribution in [-0.2, 0) is 23.2 Å². The number of benzene rings is 1. The van der Waals surface area contributed by atoms with Gasteiger partial charge in [-0.25, -0.2) is 9.78 Å². The molecule has 0 aliphatic rings. The van der Waals surface area contributed by atoms with Gasteiger partial charge in [0.2, 0.25) is 0 Å². The van der Waals surface area contributed by atoms with Crippen molar-refractivity contribution in [1.29, 1.82) is 0 Å². The number of nitrogens with zero attached hydrogens (tertiary/aromatic N) is 2. The lowest BCUT2D eigenvalue weighted by Gasteiger charge is -2.25. The Kier molecular flexibility index (Phi) is 5.34. The van der Waals surface area contributed by atoms with Gasteiger partial charge in [0.1, 0.15) is 16.2 Å². The summed E-state index contributed by atoms with van der Waals surface area (Å²) in [6.07, 6.45) is 0.998. The summed E-state index contributed by atoms with van der Waals surface area (Å²) in [5.74, 6) is -0.756.